The van der Waals surface area contributed by atoms with Gasteiger partial charge in [-0.3, -0.25) is 4.57 Å². The maximum atomic E-state index is 13.9. The molecule has 0 bridgehead atoms. The molecule has 0 spiro atoms. The van der Waals surface area contributed by atoms with Crippen molar-refractivity contribution in [1.82, 2.24) is 10.2 Å². The lowest BCUT2D eigenvalue weighted by atomic mass is 10.1. The monoisotopic (exact) mass is 320 g/mol. The van der Waals surface area contributed by atoms with Gasteiger partial charge in [-0.25, -0.2) is 5.43 Å². The highest BCUT2D eigenvalue weighted by atomic mass is 31.2. The first-order valence-corrected chi connectivity index (χ1v) is 9.27. The summed E-state index contributed by atoms with van der Waals surface area (Å²) in [4.78, 5) is 0. The van der Waals surface area contributed by atoms with Crippen LogP contribution in [0, 0.1) is 0 Å². The van der Waals surface area contributed by atoms with Crippen LogP contribution in [0.5, 0.6) is 0 Å². The molecule has 0 amide bonds. The zero-order valence-electron chi connectivity index (χ0n) is 16.2. The van der Waals surface area contributed by atoms with Crippen molar-refractivity contribution in [2.45, 2.75) is 105 Å². The second-order valence-electron chi connectivity index (χ2n) is 9.74. The predicted octanol–water partition coefficient (Wildman–Crippen LogP) is 5.20. The molecule has 0 aromatic rings. The Bertz CT molecular complexity index is 392. The molecule has 21 heavy (non-hydrogen) atoms. The van der Waals surface area contributed by atoms with Gasteiger partial charge in [0, 0.05) is 11.1 Å². The highest BCUT2D eigenvalue weighted by molar-refractivity contribution is 7.58. The fourth-order valence-electron chi connectivity index (χ4n) is 1.80. The number of hydrogen-bond donors (Lipinski definition) is 1. The van der Waals surface area contributed by atoms with Crippen LogP contribution >= 0.6 is 7.52 Å². The van der Waals surface area contributed by atoms with E-state index in [9.17, 15) is 4.57 Å². The van der Waals surface area contributed by atoms with E-state index in [1.165, 1.54) is 0 Å². The van der Waals surface area contributed by atoms with Crippen LogP contribution in [-0.4, -0.2) is 26.6 Å². The maximum Gasteiger partial charge on any atom is 0.291 e. The van der Waals surface area contributed by atoms with E-state index >= 15 is 0 Å². The molecule has 0 aliphatic rings. The lowest BCUT2D eigenvalue weighted by Crippen LogP contribution is -2.57. The molecular formula is C16H37N2O2P. The topological polar surface area (TPSA) is 41.6 Å². The minimum Gasteiger partial charge on any atom is -0.310 e. The van der Waals surface area contributed by atoms with Gasteiger partial charge in [-0.1, -0.05) is 0 Å². The largest absolute Gasteiger partial charge is 0.310 e. The van der Waals surface area contributed by atoms with Crippen LogP contribution in [0.25, 0.3) is 0 Å². The standard InChI is InChI=1S/C16H37N2O2P/c1-13(2,3)17-18(14(4,5)6)21(19,16(10,11)12)20-15(7,8)9/h17H,1-12H3. The van der Waals surface area contributed by atoms with Gasteiger partial charge in [-0.15, -0.1) is 0 Å². The average molecular weight is 320 g/mol. The first-order chi connectivity index (χ1) is 8.80. The maximum absolute atomic E-state index is 13.9. The number of nitrogens with zero attached hydrogens (tertiary/aromatic N) is 1. The highest BCUT2D eigenvalue weighted by Crippen LogP contribution is 2.64. The van der Waals surface area contributed by atoms with E-state index in [0.717, 1.165) is 0 Å². The Morgan fingerprint density at radius 2 is 1.19 bits per heavy atom. The van der Waals surface area contributed by atoms with Crippen LogP contribution in [-0.2, 0) is 9.09 Å². The van der Waals surface area contributed by atoms with E-state index in [1.807, 2.05) is 46.3 Å². The SMILES string of the molecule is CC(C)(C)NN(C(C)(C)C)P(=O)(OC(C)(C)C)C(C)(C)C. The minimum atomic E-state index is -3.13. The molecule has 4 nitrogen and oxygen atoms in total. The summed E-state index contributed by atoms with van der Waals surface area (Å²) in [6.07, 6.45) is 0. The summed E-state index contributed by atoms with van der Waals surface area (Å²) in [5.41, 5.74) is 2.40. The molecule has 0 radical (unpaired) electrons. The van der Waals surface area contributed by atoms with Gasteiger partial charge in [0.05, 0.1) is 10.8 Å². The molecule has 0 aliphatic heterocycles. The molecule has 0 aromatic carbocycles. The summed E-state index contributed by atoms with van der Waals surface area (Å²) in [5, 5.41) is -0.494. The average Bonchev–Trinajstić information content (AvgIpc) is 2.05. The molecule has 1 N–H and O–H groups in total. The van der Waals surface area contributed by atoms with E-state index in [2.05, 4.69) is 47.0 Å². The van der Waals surface area contributed by atoms with Gasteiger partial charge >= 0.3 is 0 Å². The molecule has 0 saturated carbocycles. The molecule has 0 heterocycles. The number of hydrogen-bond acceptors (Lipinski definition) is 3. The molecule has 0 rings (SSSR count). The van der Waals surface area contributed by atoms with Crippen LogP contribution in [0.2, 0.25) is 0 Å². The number of rotatable bonds is 3. The zero-order valence-corrected chi connectivity index (χ0v) is 17.1. The normalized spacial score (nSPS) is 18.0. The fraction of sp³-hybridized carbons (Fsp3) is 1.00. The van der Waals surface area contributed by atoms with Crippen molar-refractivity contribution in [1.29, 1.82) is 0 Å². The number of nitrogens with one attached hydrogen (secondary N) is 1. The molecule has 0 fully saturated rings. The molecular weight excluding hydrogens is 283 g/mol. The minimum absolute atomic E-state index is 0.199. The highest BCUT2D eigenvalue weighted by Gasteiger charge is 2.51. The van der Waals surface area contributed by atoms with Crippen molar-refractivity contribution in [2.24, 2.45) is 0 Å². The third kappa shape index (κ3) is 6.40. The van der Waals surface area contributed by atoms with Crippen molar-refractivity contribution in [3.8, 4) is 0 Å². The quantitative estimate of drug-likeness (QED) is 0.573. The summed E-state index contributed by atoms with van der Waals surface area (Å²) < 4.78 is 21.9. The van der Waals surface area contributed by atoms with Gasteiger partial charge in [0.2, 0.25) is 0 Å². The fourth-order valence-corrected chi connectivity index (χ4v) is 4.71. The molecule has 5 heteroatoms. The van der Waals surface area contributed by atoms with E-state index < -0.39 is 18.3 Å². The van der Waals surface area contributed by atoms with Crippen LogP contribution in [0.3, 0.4) is 0 Å². The van der Waals surface area contributed by atoms with Gasteiger partial charge in [0.1, 0.15) is 0 Å². The van der Waals surface area contributed by atoms with E-state index in [0.29, 0.717) is 0 Å². The Morgan fingerprint density at radius 1 is 0.810 bits per heavy atom. The third-order valence-electron chi connectivity index (χ3n) is 2.59. The Labute approximate surface area is 132 Å². The lowest BCUT2D eigenvalue weighted by molar-refractivity contribution is 0.0540. The lowest BCUT2D eigenvalue weighted by Gasteiger charge is -2.50. The Hall–Kier alpha value is 0.110. The Morgan fingerprint density at radius 3 is 1.38 bits per heavy atom. The Balaban J connectivity index is 6.01. The van der Waals surface area contributed by atoms with Crippen LogP contribution in [0.1, 0.15) is 83.1 Å². The predicted molar refractivity (Wildman–Crippen MR) is 92.7 cm³/mol. The first-order valence-electron chi connectivity index (χ1n) is 7.69. The molecule has 1 atom stereocenters. The van der Waals surface area contributed by atoms with Crippen LogP contribution in [0.4, 0.5) is 0 Å². The van der Waals surface area contributed by atoms with E-state index in [1.54, 1.807) is 0 Å². The summed E-state index contributed by atoms with van der Waals surface area (Å²) in [6, 6.07) is 0. The van der Waals surface area contributed by atoms with Gasteiger partial charge in [-0.2, -0.15) is 4.78 Å². The number of hydrazine groups is 1. The van der Waals surface area contributed by atoms with Crippen molar-refractivity contribution in [3.05, 3.63) is 0 Å². The van der Waals surface area contributed by atoms with Crippen molar-refractivity contribution in [3.63, 3.8) is 0 Å². The van der Waals surface area contributed by atoms with Crippen molar-refractivity contribution in [2.75, 3.05) is 0 Å². The van der Waals surface area contributed by atoms with E-state index in [4.69, 9.17) is 4.52 Å². The summed E-state index contributed by atoms with van der Waals surface area (Å²) >= 11 is 0. The zero-order chi connectivity index (χ0) is 17.5. The van der Waals surface area contributed by atoms with Gasteiger partial charge < -0.3 is 4.52 Å². The van der Waals surface area contributed by atoms with Crippen LogP contribution < -0.4 is 5.43 Å². The molecule has 128 valence electrons. The summed E-state index contributed by atoms with van der Waals surface area (Å²) in [6.45, 7) is 24.1. The van der Waals surface area contributed by atoms with Crippen molar-refractivity contribution >= 4 is 7.52 Å². The van der Waals surface area contributed by atoms with Gasteiger partial charge in [0.25, 0.3) is 7.52 Å². The van der Waals surface area contributed by atoms with Crippen LogP contribution in [0.15, 0.2) is 0 Å². The molecule has 0 aliphatic carbocycles. The van der Waals surface area contributed by atoms with Crippen molar-refractivity contribution < 1.29 is 9.09 Å². The summed E-state index contributed by atoms with van der Waals surface area (Å²) in [5.74, 6) is 0. The van der Waals surface area contributed by atoms with Gasteiger partial charge in [0.15, 0.2) is 0 Å². The Kier molecular flexibility index (Phi) is 5.99. The van der Waals surface area contributed by atoms with E-state index in [-0.39, 0.29) is 11.1 Å². The second kappa shape index (κ2) is 5.96. The first kappa shape index (κ1) is 21.1. The molecule has 0 saturated heterocycles. The van der Waals surface area contributed by atoms with Gasteiger partial charge in [-0.05, 0) is 83.1 Å². The smallest absolute Gasteiger partial charge is 0.291 e. The second-order valence-corrected chi connectivity index (χ2v) is 12.7. The molecule has 1 unspecified atom stereocenters. The third-order valence-corrected chi connectivity index (χ3v) is 6.30. The molecule has 0 aromatic heterocycles. The summed E-state index contributed by atoms with van der Waals surface area (Å²) in [7, 11) is -3.13.